The van der Waals surface area contributed by atoms with Gasteiger partial charge >= 0.3 is 0 Å². The van der Waals surface area contributed by atoms with E-state index in [1.807, 2.05) is 0 Å². The highest BCUT2D eigenvalue weighted by molar-refractivity contribution is 4.91. The topological polar surface area (TPSA) is 75.9 Å². The number of hydrazine groups is 1. The van der Waals surface area contributed by atoms with Gasteiger partial charge in [0, 0.05) is 38.1 Å². The van der Waals surface area contributed by atoms with E-state index in [0.717, 1.165) is 57.6 Å². The summed E-state index contributed by atoms with van der Waals surface area (Å²) in [7, 11) is 0. The second-order valence-electron chi connectivity index (χ2n) is 11.3. The van der Waals surface area contributed by atoms with Crippen molar-refractivity contribution >= 4 is 0 Å². The molecule has 1 aliphatic carbocycles. The van der Waals surface area contributed by atoms with Crippen molar-refractivity contribution < 1.29 is 4.74 Å². The van der Waals surface area contributed by atoms with Crippen LogP contribution in [0.3, 0.4) is 0 Å². The van der Waals surface area contributed by atoms with Crippen LogP contribution in [0.1, 0.15) is 71.1 Å². The number of hydrogen-bond acceptors (Lipinski definition) is 8. The molecule has 0 bridgehead atoms. The Morgan fingerprint density at radius 3 is 2.67 bits per heavy atom. The molecule has 8 nitrogen and oxygen atoms in total. The van der Waals surface area contributed by atoms with Gasteiger partial charge < -0.3 is 15.4 Å². The molecular weight excluding hydrogens is 414 g/mol. The first-order chi connectivity index (χ1) is 16.2. The SMILES string of the molecule is CC1CCCC(C2CCN(C3NC(NCCC4CCCCN4)CC(N4CCOCC4)N3)N2)C1. The van der Waals surface area contributed by atoms with Crippen molar-refractivity contribution in [3.63, 3.8) is 0 Å². The zero-order valence-corrected chi connectivity index (χ0v) is 20.9. The van der Waals surface area contributed by atoms with Gasteiger partial charge in [-0.25, -0.2) is 10.4 Å². The fourth-order valence-corrected chi connectivity index (χ4v) is 6.86. The number of morpholine rings is 1. The van der Waals surface area contributed by atoms with Crippen LogP contribution in [0.4, 0.5) is 0 Å². The van der Waals surface area contributed by atoms with Crippen LogP contribution < -0.4 is 26.7 Å². The lowest BCUT2D eigenvalue weighted by Gasteiger charge is -2.46. The van der Waals surface area contributed by atoms with E-state index in [0.29, 0.717) is 24.4 Å². The molecule has 33 heavy (non-hydrogen) atoms. The summed E-state index contributed by atoms with van der Waals surface area (Å²) in [5.41, 5.74) is 3.93. The van der Waals surface area contributed by atoms with Gasteiger partial charge in [-0.05, 0) is 63.5 Å². The lowest BCUT2D eigenvalue weighted by atomic mass is 9.78. The molecule has 190 valence electrons. The standard InChI is InChI=1S/C25H49N7O/c1-19-5-4-6-20(17-19)22-9-12-32(30-22)25-28-23(27-11-8-21-7-2-3-10-26-21)18-24(29-25)31-13-15-33-16-14-31/h19-30H,2-18H2,1H3. The molecule has 0 radical (unpaired) electrons. The molecule has 5 fully saturated rings. The third kappa shape index (κ3) is 6.67. The van der Waals surface area contributed by atoms with E-state index in [2.05, 4.69) is 43.5 Å². The van der Waals surface area contributed by atoms with Crippen LogP contribution >= 0.6 is 0 Å². The van der Waals surface area contributed by atoms with Gasteiger partial charge in [-0.3, -0.25) is 15.5 Å². The second-order valence-corrected chi connectivity index (χ2v) is 11.3. The smallest absolute Gasteiger partial charge is 0.129 e. The van der Waals surface area contributed by atoms with Gasteiger partial charge in [0.15, 0.2) is 0 Å². The van der Waals surface area contributed by atoms with Crippen molar-refractivity contribution in [3.05, 3.63) is 0 Å². The predicted octanol–water partition coefficient (Wildman–Crippen LogP) is 1.36. The third-order valence-electron chi connectivity index (χ3n) is 8.82. The monoisotopic (exact) mass is 463 g/mol. The maximum Gasteiger partial charge on any atom is 0.129 e. The van der Waals surface area contributed by atoms with Crippen molar-refractivity contribution in [3.8, 4) is 0 Å². The van der Waals surface area contributed by atoms with Gasteiger partial charge in [-0.15, -0.1) is 0 Å². The molecule has 4 aliphatic heterocycles. The van der Waals surface area contributed by atoms with Crippen LogP contribution in [0, 0.1) is 11.8 Å². The zero-order chi connectivity index (χ0) is 22.5. The zero-order valence-electron chi connectivity index (χ0n) is 20.9. The van der Waals surface area contributed by atoms with Gasteiger partial charge in [-0.1, -0.05) is 26.2 Å². The van der Waals surface area contributed by atoms with Crippen LogP contribution in [0.5, 0.6) is 0 Å². The van der Waals surface area contributed by atoms with E-state index in [9.17, 15) is 0 Å². The Balaban J connectivity index is 1.16. The molecule has 0 spiro atoms. The highest BCUT2D eigenvalue weighted by Gasteiger charge is 2.39. The van der Waals surface area contributed by atoms with Crippen LogP contribution in [-0.4, -0.2) is 86.6 Å². The molecule has 0 aromatic rings. The molecule has 1 saturated carbocycles. The van der Waals surface area contributed by atoms with E-state index in [4.69, 9.17) is 4.74 Å². The number of nitrogens with zero attached hydrogens (tertiary/aromatic N) is 2. The van der Waals surface area contributed by atoms with Crippen molar-refractivity contribution in [2.45, 2.75) is 102 Å². The number of ether oxygens (including phenoxy) is 1. The normalized spacial score (nSPS) is 41.9. The maximum absolute atomic E-state index is 5.64. The van der Waals surface area contributed by atoms with Gasteiger partial charge in [0.05, 0.1) is 25.5 Å². The largest absolute Gasteiger partial charge is 0.379 e. The first kappa shape index (κ1) is 24.4. The lowest BCUT2D eigenvalue weighted by molar-refractivity contribution is -0.0390. The molecule has 5 N–H and O–H groups in total. The number of piperidine rings is 1. The molecule has 0 aromatic carbocycles. The average Bonchev–Trinajstić information content (AvgIpc) is 3.36. The van der Waals surface area contributed by atoms with E-state index in [1.54, 1.807) is 0 Å². The molecule has 0 aromatic heterocycles. The molecule has 0 amide bonds. The van der Waals surface area contributed by atoms with E-state index in [-0.39, 0.29) is 6.29 Å². The van der Waals surface area contributed by atoms with Gasteiger partial charge in [0.25, 0.3) is 0 Å². The van der Waals surface area contributed by atoms with Crippen LogP contribution in [0.15, 0.2) is 0 Å². The van der Waals surface area contributed by atoms with Crippen LogP contribution in [-0.2, 0) is 4.74 Å². The van der Waals surface area contributed by atoms with Crippen molar-refractivity contribution in [2.75, 3.05) is 45.9 Å². The van der Waals surface area contributed by atoms with Gasteiger partial charge in [0.2, 0.25) is 0 Å². The van der Waals surface area contributed by atoms with Crippen molar-refractivity contribution in [1.29, 1.82) is 0 Å². The van der Waals surface area contributed by atoms with E-state index >= 15 is 0 Å². The summed E-state index contributed by atoms with van der Waals surface area (Å²) in [4.78, 5) is 2.59. The first-order valence-corrected chi connectivity index (χ1v) is 14.1. The van der Waals surface area contributed by atoms with Gasteiger partial charge in [-0.2, -0.15) is 0 Å². The summed E-state index contributed by atoms with van der Waals surface area (Å²) in [5.74, 6) is 1.73. The fourth-order valence-electron chi connectivity index (χ4n) is 6.86. The minimum Gasteiger partial charge on any atom is -0.379 e. The Kier molecular flexibility index (Phi) is 8.93. The Morgan fingerprint density at radius 1 is 0.939 bits per heavy atom. The summed E-state index contributed by atoms with van der Waals surface area (Å²) < 4.78 is 5.64. The van der Waals surface area contributed by atoms with Gasteiger partial charge in [0.1, 0.15) is 6.29 Å². The molecular formula is C25H49N7O. The molecule has 5 rings (SSSR count). The fraction of sp³-hybridized carbons (Fsp3) is 1.00. The quantitative estimate of drug-likeness (QED) is 0.388. The Morgan fingerprint density at radius 2 is 1.85 bits per heavy atom. The summed E-state index contributed by atoms with van der Waals surface area (Å²) in [6.07, 6.45) is 14.2. The first-order valence-electron chi connectivity index (χ1n) is 14.1. The van der Waals surface area contributed by atoms with Crippen LogP contribution in [0.2, 0.25) is 0 Å². The third-order valence-corrected chi connectivity index (χ3v) is 8.82. The minimum atomic E-state index is 0.169. The highest BCUT2D eigenvalue weighted by atomic mass is 16.5. The molecule has 4 saturated heterocycles. The van der Waals surface area contributed by atoms with Crippen LogP contribution in [0.25, 0.3) is 0 Å². The van der Waals surface area contributed by atoms with Crippen molar-refractivity contribution in [1.82, 2.24) is 36.6 Å². The van der Waals surface area contributed by atoms with Crippen molar-refractivity contribution in [2.24, 2.45) is 11.8 Å². The lowest BCUT2D eigenvalue weighted by Crippen LogP contribution is -2.72. The number of hydrogen-bond donors (Lipinski definition) is 5. The Bertz CT molecular complexity index is 583. The van der Waals surface area contributed by atoms with E-state index in [1.165, 1.54) is 64.3 Å². The number of rotatable bonds is 7. The summed E-state index contributed by atoms with van der Waals surface area (Å²) in [6.45, 7) is 9.59. The van der Waals surface area contributed by atoms with E-state index < -0.39 is 0 Å². The molecule has 4 heterocycles. The molecule has 7 atom stereocenters. The molecule has 7 unspecified atom stereocenters. The Labute approximate surface area is 201 Å². The summed E-state index contributed by atoms with van der Waals surface area (Å²) >= 11 is 0. The Hall–Kier alpha value is -0.320. The average molecular weight is 464 g/mol. The second kappa shape index (κ2) is 12.1. The predicted molar refractivity (Wildman–Crippen MR) is 132 cm³/mol. The highest BCUT2D eigenvalue weighted by Crippen LogP contribution is 2.33. The summed E-state index contributed by atoms with van der Waals surface area (Å²) in [5, 5.41) is 17.9. The molecule has 8 heteroatoms. The minimum absolute atomic E-state index is 0.169. The molecule has 5 aliphatic rings. The maximum atomic E-state index is 5.64. The number of nitrogens with one attached hydrogen (secondary N) is 5. The summed E-state index contributed by atoms with van der Waals surface area (Å²) in [6, 6.07) is 1.33.